The van der Waals surface area contributed by atoms with Gasteiger partial charge in [-0.15, -0.1) is 0 Å². The molecule has 0 unspecified atom stereocenters. The van der Waals surface area contributed by atoms with E-state index in [0.717, 1.165) is 0 Å². The van der Waals surface area contributed by atoms with Crippen LogP contribution in [0.1, 0.15) is 11.1 Å². The standard InChI is InChI=1S/2C14H11Cl2NO2.Na/c2*15-10-5-3-6-11(16)14(10)17-12-7-2-1-4-9(12)8-13(18)19;/h2*1-7,17H,8H2,(H,18,19);/q;;+1/p-1. The van der Waals surface area contributed by atoms with Gasteiger partial charge >= 0.3 is 35.5 Å². The number of carbonyl (C=O) groups excluding carboxylic acids is 1. The Kier molecular flexibility index (Phi) is 13.4. The second-order valence-corrected chi connectivity index (χ2v) is 9.51. The number of hydrogen-bond acceptors (Lipinski definition) is 5. The van der Waals surface area contributed by atoms with E-state index >= 15 is 0 Å². The molecule has 0 heterocycles. The van der Waals surface area contributed by atoms with Gasteiger partial charge in [0.25, 0.3) is 0 Å². The van der Waals surface area contributed by atoms with Crippen LogP contribution in [-0.2, 0) is 22.4 Å². The zero-order valence-corrected chi connectivity index (χ0v) is 25.7. The molecule has 4 aromatic rings. The van der Waals surface area contributed by atoms with E-state index in [-0.39, 0.29) is 42.4 Å². The minimum Gasteiger partial charge on any atom is -0.550 e. The van der Waals surface area contributed by atoms with E-state index in [0.29, 0.717) is 54.0 Å². The third kappa shape index (κ3) is 9.92. The number of rotatable bonds is 8. The molecule has 6 nitrogen and oxygen atoms in total. The largest absolute Gasteiger partial charge is 1.00 e. The van der Waals surface area contributed by atoms with Gasteiger partial charge in [0.1, 0.15) is 0 Å². The maximum atomic E-state index is 10.8. The van der Waals surface area contributed by atoms with Crippen molar-refractivity contribution in [3.63, 3.8) is 0 Å². The fourth-order valence-electron chi connectivity index (χ4n) is 3.42. The van der Waals surface area contributed by atoms with E-state index in [2.05, 4.69) is 10.6 Å². The van der Waals surface area contributed by atoms with E-state index in [4.69, 9.17) is 51.5 Å². The first-order valence-electron chi connectivity index (χ1n) is 11.1. The molecule has 4 rings (SSSR count). The predicted molar refractivity (Wildman–Crippen MR) is 152 cm³/mol. The van der Waals surface area contributed by atoms with Gasteiger partial charge < -0.3 is 25.6 Å². The number of carboxylic acid groups (broad SMARTS) is 2. The number of nitrogens with one attached hydrogen (secondary N) is 2. The summed E-state index contributed by atoms with van der Waals surface area (Å²) >= 11 is 24.3. The van der Waals surface area contributed by atoms with E-state index < -0.39 is 11.9 Å². The van der Waals surface area contributed by atoms with Crippen molar-refractivity contribution in [1.29, 1.82) is 0 Å². The molecule has 0 atom stereocenters. The molecule has 0 aliphatic carbocycles. The second kappa shape index (κ2) is 16.0. The summed E-state index contributed by atoms with van der Waals surface area (Å²) in [4.78, 5) is 21.5. The predicted octanol–water partition coefficient (Wildman–Crippen LogP) is 4.40. The average molecular weight is 614 g/mol. The Labute approximate surface area is 268 Å². The Balaban J connectivity index is 0.000000267. The van der Waals surface area contributed by atoms with Gasteiger partial charge in [0.05, 0.1) is 37.9 Å². The SMILES string of the molecule is O=C(O)Cc1ccccc1Nc1c(Cl)cccc1Cl.O=C([O-])Cc1ccccc1Nc1c(Cl)cccc1Cl.[Na+]. The van der Waals surface area contributed by atoms with E-state index in [1.807, 2.05) is 6.07 Å². The number of hydrogen-bond donors (Lipinski definition) is 3. The molecule has 0 saturated carbocycles. The molecule has 0 amide bonds. The summed E-state index contributed by atoms with van der Waals surface area (Å²) in [6, 6.07) is 24.5. The van der Waals surface area contributed by atoms with Gasteiger partial charge in [-0.3, -0.25) is 4.79 Å². The Morgan fingerprint density at radius 3 is 1.33 bits per heavy atom. The van der Waals surface area contributed by atoms with E-state index in [1.165, 1.54) is 0 Å². The van der Waals surface area contributed by atoms with Crippen molar-refractivity contribution in [3.8, 4) is 0 Å². The van der Waals surface area contributed by atoms with Gasteiger partial charge in [-0.05, 0) is 47.5 Å². The first kappa shape index (κ1) is 32.8. The van der Waals surface area contributed by atoms with Crippen LogP contribution in [0.5, 0.6) is 0 Å². The maximum absolute atomic E-state index is 10.8. The fourth-order valence-corrected chi connectivity index (χ4v) is 4.40. The van der Waals surface area contributed by atoms with Crippen LogP contribution < -0.4 is 45.3 Å². The van der Waals surface area contributed by atoms with Gasteiger partial charge in [-0.25, -0.2) is 0 Å². The van der Waals surface area contributed by atoms with Crippen molar-refractivity contribution in [2.24, 2.45) is 0 Å². The van der Waals surface area contributed by atoms with Crippen molar-refractivity contribution in [3.05, 3.63) is 116 Å². The second-order valence-electron chi connectivity index (χ2n) is 7.88. The normalized spacial score (nSPS) is 9.95. The number of benzene rings is 4. The molecule has 0 aromatic heterocycles. The number of anilines is 4. The molecular weight excluding hydrogens is 593 g/mol. The molecule has 0 fully saturated rings. The van der Waals surface area contributed by atoms with Crippen LogP contribution >= 0.6 is 46.4 Å². The van der Waals surface area contributed by atoms with Crippen LogP contribution in [-0.4, -0.2) is 17.0 Å². The first-order chi connectivity index (χ1) is 18.2. The number of aliphatic carboxylic acids is 2. The molecule has 0 radical (unpaired) electrons. The number of para-hydroxylation sites is 4. The van der Waals surface area contributed by atoms with E-state index in [9.17, 15) is 14.7 Å². The molecule has 4 aromatic carbocycles. The van der Waals surface area contributed by atoms with Crippen LogP contribution in [0.3, 0.4) is 0 Å². The van der Waals surface area contributed by atoms with Crippen LogP contribution in [0.15, 0.2) is 84.9 Å². The number of carbonyl (C=O) groups is 2. The molecule has 0 spiro atoms. The van der Waals surface area contributed by atoms with Crippen molar-refractivity contribution >= 4 is 81.1 Å². The summed E-state index contributed by atoms with van der Waals surface area (Å²) in [6.45, 7) is 0. The van der Waals surface area contributed by atoms with Gasteiger partial charge in [0.2, 0.25) is 0 Å². The Bertz CT molecular complexity index is 1300. The van der Waals surface area contributed by atoms with Gasteiger partial charge in [-0.2, -0.15) is 0 Å². The molecule has 0 aliphatic heterocycles. The summed E-state index contributed by atoms with van der Waals surface area (Å²) in [5, 5.41) is 27.7. The van der Waals surface area contributed by atoms with Crippen molar-refractivity contribution < 1.29 is 49.4 Å². The summed E-state index contributed by atoms with van der Waals surface area (Å²) < 4.78 is 0. The van der Waals surface area contributed by atoms with Crippen LogP contribution in [0, 0.1) is 0 Å². The summed E-state index contributed by atoms with van der Waals surface area (Å²) in [6.07, 6.45) is -0.240. The third-order valence-corrected chi connectivity index (χ3v) is 6.42. The molecule has 39 heavy (non-hydrogen) atoms. The molecule has 11 heteroatoms. The van der Waals surface area contributed by atoms with Crippen molar-refractivity contribution in [2.45, 2.75) is 12.8 Å². The Morgan fingerprint density at radius 1 is 0.615 bits per heavy atom. The molecule has 0 bridgehead atoms. The van der Waals surface area contributed by atoms with E-state index in [1.54, 1.807) is 78.9 Å². The smallest absolute Gasteiger partial charge is 0.550 e. The van der Waals surface area contributed by atoms with Gasteiger partial charge in [-0.1, -0.05) is 94.9 Å². The molecule has 0 aliphatic rings. The molecule has 0 saturated heterocycles. The summed E-state index contributed by atoms with van der Waals surface area (Å²) in [5.41, 5.74) is 3.73. The fraction of sp³-hybridized carbons (Fsp3) is 0.0714. The van der Waals surface area contributed by atoms with Gasteiger partial charge in [0, 0.05) is 23.8 Å². The van der Waals surface area contributed by atoms with Crippen LogP contribution in [0.4, 0.5) is 22.7 Å². The number of halogens is 4. The minimum absolute atomic E-state index is 0. The third-order valence-electron chi connectivity index (χ3n) is 5.16. The molecular formula is C28H21Cl4N2NaO4. The average Bonchev–Trinajstić information content (AvgIpc) is 2.86. The maximum Gasteiger partial charge on any atom is 1.00 e. The quantitative estimate of drug-likeness (QED) is 0.255. The molecule has 3 N–H and O–H groups in total. The topological polar surface area (TPSA) is 101 Å². The van der Waals surface area contributed by atoms with Gasteiger partial charge in [0.15, 0.2) is 0 Å². The number of carboxylic acids is 2. The Hall–Kier alpha value is -2.42. The monoisotopic (exact) mass is 612 g/mol. The summed E-state index contributed by atoms with van der Waals surface area (Å²) in [5.74, 6) is -2.03. The zero-order valence-electron chi connectivity index (χ0n) is 20.7. The van der Waals surface area contributed by atoms with Crippen molar-refractivity contribution in [2.75, 3.05) is 10.6 Å². The van der Waals surface area contributed by atoms with Crippen LogP contribution in [0.2, 0.25) is 20.1 Å². The Morgan fingerprint density at radius 2 is 0.974 bits per heavy atom. The summed E-state index contributed by atoms with van der Waals surface area (Å²) in [7, 11) is 0. The first-order valence-corrected chi connectivity index (χ1v) is 12.7. The van der Waals surface area contributed by atoms with Crippen molar-refractivity contribution in [1.82, 2.24) is 0 Å². The minimum atomic E-state index is -1.14. The zero-order chi connectivity index (χ0) is 27.7. The molecule has 196 valence electrons. The van der Waals surface area contributed by atoms with Crippen LogP contribution in [0.25, 0.3) is 0 Å².